The van der Waals surface area contributed by atoms with E-state index in [1.807, 2.05) is 0 Å². The highest BCUT2D eigenvalue weighted by molar-refractivity contribution is 9.11. The van der Waals surface area contributed by atoms with Gasteiger partial charge in [0, 0.05) is 11.3 Å². The van der Waals surface area contributed by atoms with Crippen LogP contribution in [0.5, 0.6) is 0 Å². The van der Waals surface area contributed by atoms with E-state index in [0.717, 1.165) is 6.26 Å². The van der Waals surface area contributed by atoms with E-state index in [1.165, 1.54) is 0 Å². The van der Waals surface area contributed by atoms with Gasteiger partial charge < -0.3 is 5.11 Å². The summed E-state index contributed by atoms with van der Waals surface area (Å²) in [5.74, 6) is 0. The highest BCUT2D eigenvalue weighted by Crippen LogP contribution is 2.41. The lowest BCUT2D eigenvalue weighted by molar-refractivity contribution is 0.160. The molecule has 3 nitrogen and oxygen atoms in total. The van der Waals surface area contributed by atoms with Crippen LogP contribution in [0.3, 0.4) is 0 Å². The average molecular weight is 342 g/mol. The molecule has 17 heavy (non-hydrogen) atoms. The van der Waals surface area contributed by atoms with E-state index in [0.29, 0.717) is 10.6 Å². The van der Waals surface area contributed by atoms with Crippen molar-refractivity contribution in [2.24, 2.45) is 0 Å². The summed E-state index contributed by atoms with van der Waals surface area (Å²) in [4.78, 5) is 0. The largest absolute Gasteiger partial charge is 0.386 e. The molecule has 0 saturated heterocycles. The molecule has 1 rings (SSSR count). The summed E-state index contributed by atoms with van der Waals surface area (Å²) in [5.41, 5.74) is 0.513. The van der Waals surface area contributed by atoms with Crippen molar-refractivity contribution in [1.82, 2.24) is 0 Å². The van der Waals surface area contributed by atoms with Crippen LogP contribution in [0.1, 0.15) is 25.0 Å². The van der Waals surface area contributed by atoms with Gasteiger partial charge in [0.05, 0.1) is 0 Å². The summed E-state index contributed by atoms with van der Waals surface area (Å²) in [5, 5.41) is 10.7. The van der Waals surface area contributed by atoms with Gasteiger partial charge >= 0.3 is 0 Å². The molecule has 96 valence electrons. The lowest BCUT2D eigenvalue weighted by Crippen LogP contribution is -2.37. The van der Waals surface area contributed by atoms with Crippen LogP contribution < -0.4 is 0 Å². The predicted molar refractivity (Wildman–Crippen MR) is 73.2 cm³/mol. The van der Waals surface area contributed by atoms with Crippen LogP contribution in [-0.2, 0) is 9.84 Å². The zero-order chi connectivity index (χ0) is 13.3. The molecule has 0 unspecified atom stereocenters. The van der Waals surface area contributed by atoms with Crippen molar-refractivity contribution < 1.29 is 13.5 Å². The van der Waals surface area contributed by atoms with Crippen molar-refractivity contribution in [3.05, 3.63) is 34.9 Å². The molecule has 0 spiro atoms. The Bertz CT molecular complexity index is 486. The van der Waals surface area contributed by atoms with E-state index in [-0.39, 0.29) is 6.42 Å². The van der Waals surface area contributed by atoms with Crippen LogP contribution in [0, 0.1) is 0 Å². The van der Waals surface area contributed by atoms with Crippen molar-refractivity contribution in [1.29, 1.82) is 0 Å². The Morgan fingerprint density at radius 3 is 2.24 bits per heavy atom. The standard InChI is InChI=1S/C11H14BrClO3S/c1-3-11(12,17(2,15)16)10(14)8-4-6-9(13)7-5-8/h4-7,10,14H,3H2,1-2H3/t10-,11+/m1/s1. The third-order valence-electron chi connectivity index (χ3n) is 2.69. The lowest BCUT2D eigenvalue weighted by Gasteiger charge is -2.29. The van der Waals surface area contributed by atoms with Crippen LogP contribution in [-0.4, -0.2) is 23.4 Å². The summed E-state index contributed by atoms with van der Waals surface area (Å²) in [6, 6.07) is 6.46. The molecule has 6 heteroatoms. The Balaban J connectivity index is 3.19. The van der Waals surface area contributed by atoms with Crippen LogP contribution >= 0.6 is 27.5 Å². The first kappa shape index (κ1) is 15.0. The van der Waals surface area contributed by atoms with Crippen LogP contribution in [0.25, 0.3) is 0 Å². The normalized spacial score (nSPS) is 17.5. The quantitative estimate of drug-likeness (QED) is 0.857. The van der Waals surface area contributed by atoms with Gasteiger partial charge in [0.25, 0.3) is 0 Å². The van der Waals surface area contributed by atoms with Crippen LogP contribution in [0.4, 0.5) is 0 Å². The van der Waals surface area contributed by atoms with Gasteiger partial charge in [-0.15, -0.1) is 0 Å². The third kappa shape index (κ3) is 3.02. The van der Waals surface area contributed by atoms with Gasteiger partial charge in [0.1, 0.15) is 6.10 Å². The topological polar surface area (TPSA) is 54.4 Å². The second kappa shape index (κ2) is 5.26. The Morgan fingerprint density at radius 1 is 1.41 bits per heavy atom. The molecule has 0 amide bonds. The lowest BCUT2D eigenvalue weighted by atomic mass is 10.1. The number of aliphatic hydroxyl groups excluding tert-OH is 1. The van der Waals surface area contributed by atoms with Crippen molar-refractivity contribution in [3.8, 4) is 0 Å². The summed E-state index contributed by atoms with van der Waals surface area (Å²) in [6.07, 6.45) is 0.222. The van der Waals surface area contributed by atoms with Crippen LogP contribution in [0.2, 0.25) is 5.02 Å². The van der Waals surface area contributed by atoms with E-state index in [4.69, 9.17) is 11.6 Å². The highest BCUT2D eigenvalue weighted by atomic mass is 79.9. The monoisotopic (exact) mass is 340 g/mol. The molecular formula is C11H14BrClO3S. The molecule has 2 atom stereocenters. The number of hydrogen-bond donors (Lipinski definition) is 1. The number of halogens is 2. The molecule has 0 heterocycles. The van der Waals surface area contributed by atoms with Crippen molar-refractivity contribution in [2.45, 2.75) is 23.1 Å². The molecule has 0 saturated carbocycles. The van der Waals surface area contributed by atoms with Gasteiger partial charge in [-0.2, -0.15) is 0 Å². The first-order chi connectivity index (χ1) is 7.72. The van der Waals surface area contributed by atoms with E-state index >= 15 is 0 Å². The Kier molecular flexibility index (Phi) is 4.63. The summed E-state index contributed by atoms with van der Waals surface area (Å²) in [7, 11) is -3.44. The van der Waals surface area contributed by atoms with Gasteiger partial charge in [-0.1, -0.05) is 46.6 Å². The Hall–Kier alpha value is -0.100. The Morgan fingerprint density at radius 2 is 1.88 bits per heavy atom. The maximum Gasteiger partial charge on any atom is 0.166 e. The summed E-state index contributed by atoms with van der Waals surface area (Å²) >= 11 is 8.90. The van der Waals surface area contributed by atoms with Crippen LogP contribution in [0.15, 0.2) is 24.3 Å². The Labute approximate surface area is 115 Å². The van der Waals surface area contributed by atoms with Gasteiger partial charge in [-0.3, -0.25) is 0 Å². The second-order valence-electron chi connectivity index (χ2n) is 3.87. The number of sulfone groups is 1. The smallest absolute Gasteiger partial charge is 0.166 e. The predicted octanol–water partition coefficient (Wildman–Crippen LogP) is 2.92. The van der Waals surface area contributed by atoms with Crippen molar-refractivity contribution in [3.63, 3.8) is 0 Å². The zero-order valence-corrected chi connectivity index (χ0v) is 12.7. The third-order valence-corrected chi connectivity index (χ3v) is 7.45. The SMILES string of the molecule is CC[C@@](Br)([C@H](O)c1ccc(Cl)cc1)S(C)(=O)=O. The highest BCUT2D eigenvalue weighted by Gasteiger charge is 2.44. The number of alkyl halides is 1. The number of benzene rings is 1. The molecule has 0 aromatic heterocycles. The van der Waals surface area contributed by atoms with E-state index in [9.17, 15) is 13.5 Å². The van der Waals surface area contributed by atoms with E-state index in [1.54, 1.807) is 31.2 Å². The van der Waals surface area contributed by atoms with E-state index in [2.05, 4.69) is 15.9 Å². The molecule has 1 aromatic carbocycles. The minimum Gasteiger partial charge on any atom is -0.386 e. The molecule has 0 fully saturated rings. The van der Waals surface area contributed by atoms with Crippen molar-refractivity contribution >= 4 is 37.4 Å². The fourth-order valence-corrected chi connectivity index (χ4v) is 3.01. The molecular weight excluding hydrogens is 328 g/mol. The van der Waals surface area contributed by atoms with Gasteiger partial charge in [0.15, 0.2) is 13.5 Å². The summed E-state index contributed by atoms with van der Waals surface area (Å²) < 4.78 is 22.1. The minimum atomic E-state index is -3.44. The molecule has 0 bridgehead atoms. The molecule has 0 aliphatic rings. The summed E-state index contributed by atoms with van der Waals surface area (Å²) in [6.45, 7) is 1.70. The number of hydrogen-bond acceptors (Lipinski definition) is 3. The number of aliphatic hydroxyl groups is 1. The van der Waals surface area contributed by atoms with Gasteiger partial charge in [-0.05, 0) is 24.1 Å². The van der Waals surface area contributed by atoms with Gasteiger partial charge in [-0.25, -0.2) is 8.42 Å². The second-order valence-corrected chi connectivity index (χ2v) is 8.52. The average Bonchev–Trinajstić information content (AvgIpc) is 2.26. The number of rotatable bonds is 4. The fraction of sp³-hybridized carbons (Fsp3) is 0.455. The first-order valence-corrected chi connectivity index (χ1v) is 8.10. The minimum absolute atomic E-state index is 0.260. The maximum absolute atomic E-state index is 11.7. The molecule has 0 aliphatic heterocycles. The maximum atomic E-state index is 11.7. The molecule has 1 aromatic rings. The zero-order valence-electron chi connectivity index (χ0n) is 9.52. The van der Waals surface area contributed by atoms with E-state index < -0.39 is 19.6 Å². The molecule has 0 radical (unpaired) electrons. The van der Waals surface area contributed by atoms with Gasteiger partial charge in [0.2, 0.25) is 0 Å². The van der Waals surface area contributed by atoms with Crippen molar-refractivity contribution in [2.75, 3.05) is 6.26 Å². The first-order valence-electron chi connectivity index (χ1n) is 5.04. The fourth-order valence-electron chi connectivity index (χ4n) is 1.55. The molecule has 0 aliphatic carbocycles. The molecule has 1 N–H and O–H groups in total.